The van der Waals surface area contributed by atoms with Gasteiger partial charge in [0.25, 0.3) is 0 Å². The Hall–Kier alpha value is -8.78. The molecule has 3 aromatic heterocycles. The van der Waals surface area contributed by atoms with E-state index < -0.39 is 5.41 Å². The van der Waals surface area contributed by atoms with Crippen LogP contribution >= 0.6 is 0 Å². The van der Waals surface area contributed by atoms with Crippen molar-refractivity contribution in [2.24, 2.45) is 0 Å². The smallest absolute Gasteiger partial charge is 0.187 e. The van der Waals surface area contributed by atoms with Crippen LogP contribution in [0.25, 0.3) is 89.4 Å². The van der Waals surface area contributed by atoms with E-state index in [1.54, 1.807) is 0 Å². The van der Waals surface area contributed by atoms with Crippen molar-refractivity contribution >= 4 is 11.3 Å². The van der Waals surface area contributed by atoms with Gasteiger partial charge in [0.1, 0.15) is 5.65 Å². The Bertz CT molecular complexity index is 3490. The Kier molecular flexibility index (Phi) is 7.74. The summed E-state index contributed by atoms with van der Waals surface area (Å²) in [6.07, 6.45) is 2.05. The molecule has 0 aliphatic heterocycles. The number of aromatic nitrogens is 5. The first-order chi connectivity index (χ1) is 30.6. The molecule has 286 valence electrons. The highest BCUT2D eigenvalue weighted by Crippen LogP contribution is 2.63. The maximum atomic E-state index is 10.2. The Labute approximate surface area is 357 Å². The van der Waals surface area contributed by atoms with Crippen LogP contribution in [0, 0.1) is 17.9 Å². The Morgan fingerprint density at radius 2 is 1.05 bits per heavy atom. The second kappa shape index (κ2) is 13.6. The van der Waals surface area contributed by atoms with Crippen molar-refractivity contribution in [3.63, 3.8) is 0 Å². The van der Waals surface area contributed by atoms with E-state index in [2.05, 4.69) is 100 Å². The molecule has 12 rings (SSSR count). The summed E-state index contributed by atoms with van der Waals surface area (Å²) in [4.78, 5) is 24.6. The number of nitriles is 1. The van der Waals surface area contributed by atoms with Crippen LogP contribution in [0.15, 0.2) is 188 Å². The fourth-order valence-corrected chi connectivity index (χ4v) is 9.67. The lowest BCUT2D eigenvalue weighted by molar-refractivity contribution is 0.794. The molecule has 1 atom stereocenters. The molecule has 7 aromatic carbocycles. The summed E-state index contributed by atoms with van der Waals surface area (Å²) in [7, 11) is 0. The molecule has 0 radical (unpaired) electrons. The topological polar surface area (TPSA) is 84.1 Å². The molecule has 0 amide bonds. The van der Waals surface area contributed by atoms with E-state index in [9.17, 15) is 5.26 Å². The molecule has 10 aromatic rings. The lowest BCUT2D eigenvalue weighted by Crippen LogP contribution is -2.26. The molecular weight excluding hydrogens is 759 g/mol. The number of pyridine rings is 1. The third kappa shape index (κ3) is 5.16. The second-order valence-corrected chi connectivity index (χ2v) is 15.6. The van der Waals surface area contributed by atoms with E-state index in [0.29, 0.717) is 28.7 Å². The molecule has 0 fully saturated rings. The molecule has 7 heteroatoms. The van der Waals surface area contributed by atoms with Gasteiger partial charge in [0.05, 0.1) is 35.0 Å². The predicted molar refractivity (Wildman–Crippen MR) is 243 cm³/mol. The van der Waals surface area contributed by atoms with Gasteiger partial charge in [-0.05, 0) is 80.9 Å². The van der Waals surface area contributed by atoms with Crippen LogP contribution in [0.5, 0.6) is 0 Å². The van der Waals surface area contributed by atoms with Crippen molar-refractivity contribution in [3.8, 4) is 85.0 Å². The quantitative estimate of drug-likeness (QED) is 0.162. The minimum absolute atomic E-state index is 0.532. The Morgan fingerprint density at radius 3 is 1.81 bits per heavy atom. The summed E-state index contributed by atoms with van der Waals surface area (Å²) in [5.74, 6) is 1.63. The first-order valence-electron chi connectivity index (χ1n) is 20.4. The molecule has 62 heavy (non-hydrogen) atoms. The maximum Gasteiger partial charge on any atom is 0.187 e. The zero-order valence-electron chi connectivity index (χ0n) is 33.0. The van der Waals surface area contributed by atoms with Crippen LogP contribution in [0.1, 0.15) is 27.8 Å². The number of benzene rings is 7. The second-order valence-electron chi connectivity index (χ2n) is 15.6. The normalized spacial score (nSPS) is 14.2. The summed E-state index contributed by atoms with van der Waals surface area (Å²) >= 11 is 0. The zero-order valence-corrected chi connectivity index (χ0v) is 33.0. The van der Waals surface area contributed by atoms with Crippen molar-refractivity contribution in [1.29, 1.82) is 5.26 Å². The fourth-order valence-electron chi connectivity index (χ4n) is 9.67. The van der Waals surface area contributed by atoms with E-state index in [1.165, 1.54) is 0 Å². The SMILES string of the molecule is [C-]#[N+]c1ccc2c(c1)C1(c3ccccc3-c3ccc(-c4nc(-c5ccccc5)nc(-c5cccc(-c6nc7ccccn7c6-c6ccccc6)c5)n4)cc31)c1cc(C#N)ccc1-2. The van der Waals surface area contributed by atoms with Crippen LogP contribution in [0.2, 0.25) is 0 Å². The number of rotatable bonds is 5. The van der Waals surface area contributed by atoms with Gasteiger partial charge in [-0.2, -0.15) is 5.26 Å². The number of nitrogens with zero attached hydrogens (tertiary/aromatic N) is 7. The largest absolute Gasteiger partial charge is 0.299 e. The van der Waals surface area contributed by atoms with Crippen LogP contribution in [0.3, 0.4) is 0 Å². The van der Waals surface area contributed by atoms with Gasteiger partial charge >= 0.3 is 0 Å². The first-order valence-corrected chi connectivity index (χ1v) is 20.4. The van der Waals surface area contributed by atoms with Crippen molar-refractivity contribution in [1.82, 2.24) is 24.3 Å². The van der Waals surface area contributed by atoms with Gasteiger partial charge in [-0.15, -0.1) is 0 Å². The molecule has 0 saturated heterocycles. The van der Waals surface area contributed by atoms with Gasteiger partial charge in [-0.1, -0.05) is 146 Å². The maximum absolute atomic E-state index is 10.2. The minimum Gasteiger partial charge on any atom is -0.299 e. The predicted octanol–water partition coefficient (Wildman–Crippen LogP) is 12.6. The number of imidazole rings is 1. The summed E-state index contributed by atoms with van der Waals surface area (Å²) in [5, 5.41) is 10.2. The molecule has 0 bridgehead atoms. The Morgan fingerprint density at radius 1 is 0.468 bits per heavy atom. The zero-order chi connectivity index (χ0) is 41.4. The van der Waals surface area contributed by atoms with Crippen molar-refractivity contribution < 1.29 is 0 Å². The summed E-state index contributed by atoms with van der Waals surface area (Å²) in [5.41, 5.74) is 16.2. The van der Waals surface area contributed by atoms with Crippen molar-refractivity contribution in [2.45, 2.75) is 5.41 Å². The van der Waals surface area contributed by atoms with E-state index in [0.717, 1.165) is 89.4 Å². The molecule has 1 unspecified atom stereocenters. The van der Waals surface area contributed by atoms with Gasteiger partial charge in [-0.25, -0.2) is 24.8 Å². The number of hydrogen-bond donors (Lipinski definition) is 0. The van der Waals surface area contributed by atoms with Crippen LogP contribution in [0.4, 0.5) is 5.69 Å². The summed E-state index contributed by atoms with van der Waals surface area (Å²) in [6, 6.07) is 64.0. The molecule has 3 heterocycles. The number of fused-ring (bicyclic) bond motifs is 11. The molecular formula is C55H31N7. The van der Waals surface area contributed by atoms with Crippen molar-refractivity contribution in [2.75, 3.05) is 0 Å². The highest BCUT2D eigenvalue weighted by molar-refractivity contribution is 5.97. The monoisotopic (exact) mass is 789 g/mol. The molecule has 1 spiro atoms. The molecule has 0 saturated carbocycles. The van der Waals surface area contributed by atoms with Gasteiger partial charge < -0.3 is 0 Å². The van der Waals surface area contributed by atoms with E-state index in [1.807, 2.05) is 103 Å². The van der Waals surface area contributed by atoms with Gasteiger partial charge in [0.2, 0.25) is 0 Å². The lowest BCUT2D eigenvalue weighted by atomic mass is 9.70. The molecule has 2 aliphatic rings. The highest BCUT2D eigenvalue weighted by Gasteiger charge is 2.52. The van der Waals surface area contributed by atoms with E-state index in [4.69, 9.17) is 26.5 Å². The molecule has 2 aliphatic carbocycles. The lowest BCUT2D eigenvalue weighted by Gasteiger charge is -2.31. The first kappa shape index (κ1) is 35.2. The van der Waals surface area contributed by atoms with Crippen LogP contribution < -0.4 is 0 Å². The minimum atomic E-state index is -0.781. The molecule has 0 N–H and O–H groups in total. The summed E-state index contributed by atoms with van der Waals surface area (Å²) in [6.45, 7) is 8.00. The van der Waals surface area contributed by atoms with Crippen LogP contribution in [-0.4, -0.2) is 24.3 Å². The number of hydrogen-bond acceptors (Lipinski definition) is 5. The van der Waals surface area contributed by atoms with Gasteiger partial charge in [0, 0.05) is 34.0 Å². The average molecular weight is 790 g/mol. The van der Waals surface area contributed by atoms with E-state index >= 15 is 0 Å². The average Bonchev–Trinajstić information content (AvgIpc) is 3.98. The Balaban J connectivity index is 1.07. The van der Waals surface area contributed by atoms with Crippen LogP contribution in [-0.2, 0) is 5.41 Å². The summed E-state index contributed by atoms with van der Waals surface area (Å²) < 4.78 is 2.13. The fraction of sp³-hybridized carbons (Fsp3) is 0.0182. The molecule has 7 nitrogen and oxygen atoms in total. The van der Waals surface area contributed by atoms with Gasteiger partial charge in [0.15, 0.2) is 23.2 Å². The van der Waals surface area contributed by atoms with E-state index in [-0.39, 0.29) is 0 Å². The highest BCUT2D eigenvalue weighted by atomic mass is 15.0. The standard InChI is InChI=1S/C55H31N7/c1-57-40-24-27-44-42-25-22-34(33-56)29-46(42)55(48(44)32-40)45-20-9-8-19-41(45)43-26-23-39(31-47(43)55)54-60-52(36-15-6-3-7-16-36)59-53(61-54)38-18-12-17-37(30-38)50-51(35-13-4-2-5-14-35)62-28-11-10-21-49(62)58-50/h2-32H. The van der Waals surface area contributed by atoms with Crippen molar-refractivity contribution in [3.05, 3.63) is 227 Å². The third-order valence-corrected chi connectivity index (χ3v) is 12.3. The third-order valence-electron chi connectivity index (χ3n) is 12.3. The van der Waals surface area contributed by atoms with Gasteiger partial charge in [-0.3, -0.25) is 4.40 Å².